The maximum Gasteiger partial charge on any atom is 0.306 e. The molecule has 1 aliphatic rings. The average Bonchev–Trinajstić information content (AvgIpc) is 2.55. The van der Waals surface area contributed by atoms with Crippen LogP contribution >= 0.6 is 0 Å². The molecule has 0 saturated carbocycles. The molecule has 1 N–H and O–H groups in total. The third-order valence-corrected chi connectivity index (χ3v) is 3.73. The lowest BCUT2D eigenvalue weighted by Gasteiger charge is -2.37. The van der Waals surface area contributed by atoms with E-state index in [-0.39, 0.29) is 30.4 Å². The van der Waals surface area contributed by atoms with Crippen molar-refractivity contribution in [1.82, 2.24) is 14.9 Å². The Labute approximate surface area is 140 Å². The van der Waals surface area contributed by atoms with Gasteiger partial charge in [-0.25, -0.2) is 4.98 Å². The molecule has 1 aromatic carbocycles. The van der Waals surface area contributed by atoms with Gasteiger partial charge in [-0.2, -0.15) is 4.39 Å². The highest BCUT2D eigenvalue weighted by atomic mass is 19.1. The van der Waals surface area contributed by atoms with E-state index in [0.29, 0.717) is 0 Å². The van der Waals surface area contributed by atoms with E-state index in [4.69, 9.17) is 0 Å². The molecule has 0 bridgehead atoms. The Morgan fingerprint density at radius 1 is 1.32 bits per heavy atom. The van der Waals surface area contributed by atoms with E-state index in [1.54, 1.807) is 0 Å². The van der Waals surface area contributed by atoms with Gasteiger partial charge in [-0.15, -0.1) is 0 Å². The number of hydrogen-bond acceptors (Lipinski definition) is 6. The zero-order valence-electron chi connectivity index (χ0n) is 12.8. The van der Waals surface area contributed by atoms with Crippen molar-refractivity contribution in [2.45, 2.75) is 0 Å². The number of carbonyl (C=O) groups excluding carboxylic acids is 2. The summed E-state index contributed by atoms with van der Waals surface area (Å²) in [6.45, 7) is 0.398. The molecule has 0 aliphatic carbocycles. The molecule has 2 aromatic rings. The first kappa shape index (κ1) is 16.4. The highest BCUT2D eigenvalue weighted by Crippen LogP contribution is 2.24. The number of benzene rings is 1. The molecule has 0 atom stereocenters. The fourth-order valence-corrected chi connectivity index (χ4v) is 2.36. The van der Waals surface area contributed by atoms with Crippen molar-refractivity contribution >= 4 is 23.2 Å². The van der Waals surface area contributed by atoms with Gasteiger partial charge in [0.05, 0.1) is 17.0 Å². The number of halogens is 1. The molecular weight excluding hydrogens is 333 g/mol. The number of nitrogens with one attached hydrogen (secondary N) is 1. The Balaban J connectivity index is 1.59. The number of nitro groups is 1. The molecule has 1 fully saturated rings. The average molecular weight is 345 g/mol. The summed E-state index contributed by atoms with van der Waals surface area (Å²) < 4.78 is 13.3. The van der Waals surface area contributed by atoms with Crippen molar-refractivity contribution in [2.24, 2.45) is 5.92 Å². The molecule has 1 saturated heterocycles. The number of rotatable bonds is 4. The molecule has 2 heterocycles. The molecule has 0 unspecified atom stereocenters. The molecule has 10 heteroatoms. The molecule has 0 spiro atoms. The minimum atomic E-state index is -0.979. The van der Waals surface area contributed by atoms with E-state index in [9.17, 15) is 24.1 Å². The zero-order valence-corrected chi connectivity index (χ0v) is 12.8. The van der Waals surface area contributed by atoms with Gasteiger partial charge in [-0.05, 0) is 12.1 Å². The van der Waals surface area contributed by atoms with Crippen LogP contribution in [0.1, 0.15) is 10.5 Å². The van der Waals surface area contributed by atoms with Gasteiger partial charge in [0.2, 0.25) is 11.7 Å². The summed E-state index contributed by atoms with van der Waals surface area (Å²) in [4.78, 5) is 43.2. The molecule has 3 rings (SSSR count). The van der Waals surface area contributed by atoms with E-state index >= 15 is 0 Å². The van der Waals surface area contributed by atoms with Gasteiger partial charge in [0.15, 0.2) is 0 Å². The van der Waals surface area contributed by atoms with Crippen LogP contribution in [-0.2, 0) is 4.79 Å². The van der Waals surface area contributed by atoms with E-state index in [1.165, 1.54) is 29.6 Å². The van der Waals surface area contributed by atoms with Gasteiger partial charge in [0.1, 0.15) is 5.69 Å². The zero-order chi connectivity index (χ0) is 18.0. The Hall–Kier alpha value is -3.43. The number of nitro benzene ring substituents is 1. The second kappa shape index (κ2) is 6.59. The van der Waals surface area contributed by atoms with Crippen molar-refractivity contribution in [3.05, 3.63) is 58.4 Å². The second-order valence-corrected chi connectivity index (χ2v) is 5.41. The molecular formula is C15H12FN5O4. The number of amides is 2. The van der Waals surface area contributed by atoms with Crippen molar-refractivity contribution in [2.75, 3.05) is 18.4 Å². The number of anilines is 1. The third-order valence-electron chi connectivity index (χ3n) is 3.73. The summed E-state index contributed by atoms with van der Waals surface area (Å²) in [5, 5.41) is 13.2. The monoisotopic (exact) mass is 345 g/mol. The van der Waals surface area contributed by atoms with Crippen LogP contribution in [0.15, 0.2) is 36.8 Å². The fraction of sp³-hybridized carbons (Fsp3) is 0.200. The largest absolute Gasteiger partial charge is 0.336 e. The number of aromatic nitrogens is 2. The highest BCUT2D eigenvalue weighted by molar-refractivity contribution is 5.97. The van der Waals surface area contributed by atoms with E-state index in [1.807, 2.05) is 0 Å². The topological polar surface area (TPSA) is 118 Å². The summed E-state index contributed by atoms with van der Waals surface area (Å²) in [6, 6.07) is 3.11. The van der Waals surface area contributed by atoms with Gasteiger partial charge in [-0.3, -0.25) is 24.7 Å². The van der Waals surface area contributed by atoms with Crippen LogP contribution in [0.25, 0.3) is 0 Å². The summed E-state index contributed by atoms with van der Waals surface area (Å²) in [6.07, 6.45) is 4.19. The predicted molar refractivity (Wildman–Crippen MR) is 83.1 cm³/mol. The molecule has 1 aliphatic heterocycles. The van der Waals surface area contributed by atoms with Crippen molar-refractivity contribution in [3.63, 3.8) is 0 Å². The summed E-state index contributed by atoms with van der Waals surface area (Å²) >= 11 is 0. The minimum absolute atomic E-state index is 0.122. The minimum Gasteiger partial charge on any atom is -0.336 e. The maximum atomic E-state index is 13.3. The van der Waals surface area contributed by atoms with Crippen molar-refractivity contribution in [3.8, 4) is 0 Å². The van der Waals surface area contributed by atoms with E-state index < -0.39 is 28.3 Å². The molecule has 25 heavy (non-hydrogen) atoms. The quantitative estimate of drug-likeness (QED) is 0.658. The number of hydrogen-bond donors (Lipinski definition) is 1. The summed E-state index contributed by atoms with van der Waals surface area (Å²) in [5.41, 5.74) is -0.404. The smallest absolute Gasteiger partial charge is 0.306 e. The van der Waals surface area contributed by atoms with Crippen LogP contribution < -0.4 is 5.32 Å². The fourth-order valence-electron chi connectivity index (χ4n) is 2.36. The van der Waals surface area contributed by atoms with Gasteiger partial charge in [-0.1, -0.05) is 0 Å². The number of nitrogens with zero attached hydrogens (tertiary/aromatic N) is 4. The van der Waals surface area contributed by atoms with Crippen LogP contribution in [-0.4, -0.2) is 44.7 Å². The van der Waals surface area contributed by atoms with Crippen LogP contribution in [0, 0.1) is 21.8 Å². The van der Waals surface area contributed by atoms with Crippen LogP contribution in [0.3, 0.4) is 0 Å². The first-order chi connectivity index (χ1) is 12.0. The second-order valence-electron chi connectivity index (χ2n) is 5.41. The molecule has 2 amide bonds. The van der Waals surface area contributed by atoms with Crippen molar-refractivity contribution < 1.29 is 18.9 Å². The lowest BCUT2D eigenvalue weighted by atomic mass is 9.98. The van der Waals surface area contributed by atoms with Crippen molar-refractivity contribution in [1.29, 1.82) is 0 Å². The van der Waals surface area contributed by atoms with Crippen LogP contribution in [0.2, 0.25) is 0 Å². The third kappa shape index (κ3) is 3.42. The summed E-state index contributed by atoms with van der Waals surface area (Å²) in [7, 11) is 0. The van der Waals surface area contributed by atoms with Gasteiger partial charge >= 0.3 is 5.69 Å². The first-order valence-electron chi connectivity index (χ1n) is 7.26. The standard InChI is InChI=1S/C15H12FN5O4/c16-11-2-1-10(5-13(11)21(24)25)19-14(22)9-7-20(8-9)15(23)12-6-17-3-4-18-12/h1-6,9H,7-8H2,(H,19,22). The lowest BCUT2D eigenvalue weighted by molar-refractivity contribution is -0.387. The normalized spacial score (nSPS) is 13.9. The Morgan fingerprint density at radius 2 is 2.08 bits per heavy atom. The van der Waals surface area contributed by atoms with Crippen LogP contribution in [0.5, 0.6) is 0 Å². The molecule has 128 valence electrons. The number of likely N-dealkylation sites (tertiary alicyclic amines) is 1. The van der Waals surface area contributed by atoms with E-state index in [0.717, 1.165) is 12.1 Å². The molecule has 0 radical (unpaired) electrons. The van der Waals surface area contributed by atoms with Crippen LogP contribution in [0.4, 0.5) is 15.8 Å². The van der Waals surface area contributed by atoms with Gasteiger partial charge in [0, 0.05) is 37.2 Å². The molecule has 9 nitrogen and oxygen atoms in total. The SMILES string of the molecule is O=C(Nc1ccc(F)c([N+](=O)[O-])c1)C1CN(C(=O)c2cnccn2)C1. The Kier molecular flexibility index (Phi) is 4.33. The summed E-state index contributed by atoms with van der Waals surface area (Å²) in [5.74, 6) is -2.16. The first-order valence-corrected chi connectivity index (χ1v) is 7.26. The van der Waals surface area contributed by atoms with Gasteiger partial charge < -0.3 is 10.2 Å². The lowest BCUT2D eigenvalue weighted by Crippen LogP contribution is -2.54. The maximum absolute atomic E-state index is 13.3. The highest BCUT2D eigenvalue weighted by Gasteiger charge is 2.36. The predicted octanol–water partition coefficient (Wildman–Crippen LogP) is 1.23. The van der Waals surface area contributed by atoms with Gasteiger partial charge in [0.25, 0.3) is 5.91 Å². The molecule has 1 aromatic heterocycles. The Bertz CT molecular complexity index is 839. The van der Waals surface area contributed by atoms with E-state index in [2.05, 4.69) is 15.3 Å². The Morgan fingerprint density at radius 3 is 2.72 bits per heavy atom. The number of carbonyl (C=O) groups is 2.